The molecule has 0 aliphatic rings. The Kier molecular flexibility index (Phi) is 6.10. The lowest BCUT2D eigenvalue weighted by Gasteiger charge is -2.11. The van der Waals surface area contributed by atoms with E-state index in [2.05, 4.69) is 0 Å². The van der Waals surface area contributed by atoms with Crippen LogP contribution < -0.4 is 0 Å². The Bertz CT molecular complexity index is 971. The number of benzene rings is 2. The van der Waals surface area contributed by atoms with Crippen molar-refractivity contribution in [2.75, 3.05) is 13.4 Å². The van der Waals surface area contributed by atoms with Crippen molar-refractivity contribution in [2.24, 2.45) is 0 Å². The fourth-order valence-electron chi connectivity index (χ4n) is 2.40. The monoisotopic (exact) mass is 374 g/mol. The molecule has 4 nitrogen and oxygen atoms in total. The Morgan fingerprint density at radius 1 is 1.04 bits per heavy atom. The van der Waals surface area contributed by atoms with Crippen molar-refractivity contribution in [1.82, 2.24) is 0 Å². The number of ether oxygens (including phenoxy) is 1. The van der Waals surface area contributed by atoms with E-state index in [4.69, 9.17) is 4.74 Å². The molecule has 2 rings (SSSR count). The highest BCUT2D eigenvalue weighted by molar-refractivity contribution is 7.90. The SMILES string of the molecule is CO/C(C)=C\C(=C(/C=O)c1cccc(F)c1)c1ccc(S(C)(=O)=O)cc1. The molecule has 2 aromatic carbocycles. The molecular formula is C20H19FO4S. The molecule has 0 amide bonds. The van der Waals surface area contributed by atoms with Gasteiger partial charge in [0.1, 0.15) is 5.82 Å². The predicted octanol–water partition coefficient (Wildman–Crippen LogP) is 3.89. The number of methoxy groups -OCH3 is 1. The Morgan fingerprint density at radius 2 is 1.69 bits per heavy atom. The second kappa shape index (κ2) is 8.10. The summed E-state index contributed by atoms with van der Waals surface area (Å²) in [6.07, 6.45) is 3.43. The van der Waals surface area contributed by atoms with Crippen molar-refractivity contribution < 1.29 is 22.3 Å². The van der Waals surface area contributed by atoms with E-state index in [1.165, 1.54) is 37.4 Å². The summed E-state index contributed by atoms with van der Waals surface area (Å²) in [5.74, 6) is 0.0870. The van der Waals surface area contributed by atoms with Crippen LogP contribution in [0.1, 0.15) is 18.1 Å². The Balaban J connectivity index is 2.71. The van der Waals surface area contributed by atoms with Crippen LogP contribution >= 0.6 is 0 Å². The summed E-state index contributed by atoms with van der Waals surface area (Å²) in [5.41, 5.74) is 1.81. The van der Waals surface area contributed by atoms with Crippen molar-refractivity contribution >= 4 is 27.3 Å². The van der Waals surface area contributed by atoms with E-state index in [-0.39, 0.29) is 10.5 Å². The smallest absolute Gasteiger partial charge is 0.175 e. The quantitative estimate of drug-likeness (QED) is 0.253. The number of rotatable bonds is 6. The molecule has 0 spiro atoms. The maximum atomic E-state index is 13.6. The average Bonchev–Trinajstić information content (AvgIpc) is 2.61. The van der Waals surface area contributed by atoms with Crippen LogP contribution in [0.15, 0.2) is 65.3 Å². The van der Waals surface area contributed by atoms with Gasteiger partial charge in [-0.05, 0) is 54.0 Å². The molecule has 0 heterocycles. The largest absolute Gasteiger partial charge is 0.501 e. The van der Waals surface area contributed by atoms with E-state index in [9.17, 15) is 17.6 Å². The van der Waals surface area contributed by atoms with Gasteiger partial charge in [0.2, 0.25) is 0 Å². The van der Waals surface area contributed by atoms with Crippen molar-refractivity contribution in [2.45, 2.75) is 11.8 Å². The molecule has 0 aliphatic heterocycles. The lowest BCUT2D eigenvalue weighted by atomic mass is 9.95. The molecule has 6 heteroatoms. The minimum absolute atomic E-state index is 0.173. The Morgan fingerprint density at radius 3 is 2.19 bits per heavy atom. The summed E-state index contributed by atoms with van der Waals surface area (Å²) in [6, 6.07) is 11.9. The number of hydrogen-bond donors (Lipinski definition) is 0. The van der Waals surface area contributed by atoms with Gasteiger partial charge in [0.25, 0.3) is 0 Å². The van der Waals surface area contributed by atoms with Crippen LogP contribution in [0, 0.1) is 5.82 Å². The van der Waals surface area contributed by atoms with Gasteiger partial charge in [-0.25, -0.2) is 12.8 Å². The number of allylic oxidation sites excluding steroid dienone is 4. The zero-order valence-corrected chi connectivity index (χ0v) is 15.5. The fourth-order valence-corrected chi connectivity index (χ4v) is 3.03. The summed E-state index contributed by atoms with van der Waals surface area (Å²) in [7, 11) is -1.83. The van der Waals surface area contributed by atoms with Crippen LogP contribution in [0.25, 0.3) is 11.1 Å². The molecule has 0 aliphatic carbocycles. The first-order valence-corrected chi connectivity index (χ1v) is 9.63. The first kappa shape index (κ1) is 19.6. The van der Waals surface area contributed by atoms with Gasteiger partial charge in [-0.1, -0.05) is 24.3 Å². The number of halogens is 1. The number of carbonyl (C=O) groups excluding carboxylic acids is 1. The van der Waals surface area contributed by atoms with Crippen molar-refractivity contribution in [3.8, 4) is 0 Å². The molecule has 2 aromatic rings. The van der Waals surface area contributed by atoms with Gasteiger partial charge in [-0.2, -0.15) is 0 Å². The maximum Gasteiger partial charge on any atom is 0.175 e. The van der Waals surface area contributed by atoms with E-state index in [1.807, 2.05) is 0 Å². The van der Waals surface area contributed by atoms with Gasteiger partial charge in [-0.15, -0.1) is 0 Å². The summed E-state index contributed by atoms with van der Waals surface area (Å²) in [5, 5.41) is 0. The normalized spacial score (nSPS) is 13.2. The molecule has 0 fully saturated rings. The third-order valence-electron chi connectivity index (χ3n) is 3.81. The molecule has 0 aromatic heterocycles. The highest BCUT2D eigenvalue weighted by Gasteiger charge is 2.13. The van der Waals surface area contributed by atoms with Crippen molar-refractivity contribution in [3.63, 3.8) is 0 Å². The minimum Gasteiger partial charge on any atom is -0.501 e. The van der Waals surface area contributed by atoms with Crippen LogP contribution in [0.2, 0.25) is 0 Å². The van der Waals surface area contributed by atoms with Crippen LogP contribution in [-0.4, -0.2) is 28.1 Å². The molecular weight excluding hydrogens is 355 g/mol. The topological polar surface area (TPSA) is 60.4 Å². The predicted molar refractivity (Wildman–Crippen MR) is 99.6 cm³/mol. The molecule has 0 bridgehead atoms. The van der Waals surface area contributed by atoms with E-state index < -0.39 is 15.7 Å². The average molecular weight is 374 g/mol. The van der Waals surface area contributed by atoms with Crippen LogP contribution in [0.4, 0.5) is 4.39 Å². The molecule has 136 valence electrons. The Hall–Kier alpha value is -2.73. The molecule has 0 saturated carbocycles. The summed E-state index contributed by atoms with van der Waals surface area (Å²) in [4.78, 5) is 12.0. The molecule has 26 heavy (non-hydrogen) atoms. The number of carbonyl (C=O) groups is 1. The lowest BCUT2D eigenvalue weighted by molar-refractivity contribution is -0.103. The van der Waals surface area contributed by atoms with Crippen LogP contribution in [0.5, 0.6) is 0 Å². The molecule has 0 radical (unpaired) electrons. The second-order valence-electron chi connectivity index (χ2n) is 5.71. The van der Waals surface area contributed by atoms with Gasteiger partial charge < -0.3 is 4.74 Å². The zero-order chi connectivity index (χ0) is 19.3. The number of hydrogen-bond acceptors (Lipinski definition) is 4. The fraction of sp³-hybridized carbons (Fsp3) is 0.150. The number of sulfone groups is 1. The van der Waals surface area contributed by atoms with E-state index in [0.29, 0.717) is 28.7 Å². The summed E-state index contributed by atoms with van der Waals surface area (Å²) in [6.45, 7) is 1.72. The zero-order valence-electron chi connectivity index (χ0n) is 14.7. The lowest BCUT2D eigenvalue weighted by Crippen LogP contribution is -1.98. The van der Waals surface area contributed by atoms with E-state index in [1.54, 1.807) is 31.2 Å². The van der Waals surface area contributed by atoms with Gasteiger partial charge in [0, 0.05) is 11.8 Å². The molecule has 0 atom stereocenters. The highest BCUT2D eigenvalue weighted by Crippen LogP contribution is 2.28. The first-order valence-electron chi connectivity index (χ1n) is 7.74. The van der Waals surface area contributed by atoms with Crippen LogP contribution in [0.3, 0.4) is 0 Å². The minimum atomic E-state index is -3.33. The molecule has 0 N–H and O–H groups in total. The van der Waals surface area contributed by atoms with Gasteiger partial charge in [0.05, 0.1) is 17.8 Å². The third kappa shape index (κ3) is 4.67. The standard InChI is InChI=1S/C20H19FO4S/c1-14(25-2)11-19(15-7-9-18(10-8-15)26(3,23)24)20(13-22)16-5-4-6-17(21)12-16/h4-13H,1-3H3/b14-11-,20-19-. The van der Waals surface area contributed by atoms with Gasteiger partial charge in [0.15, 0.2) is 16.1 Å². The third-order valence-corrected chi connectivity index (χ3v) is 4.94. The van der Waals surface area contributed by atoms with Gasteiger partial charge in [-0.3, -0.25) is 4.79 Å². The van der Waals surface area contributed by atoms with E-state index in [0.717, 1.165) is 6.26 Å². The van der Waals surface area contributed by atoms with Crippen LogP contribution in [-0.2, 0) is 19.4 Å². The molecule has 0 unspecified atom stereocenters. The molecule has 0 saturated heterocycles. The second-order valence-corrected chi connectivity index (χ2v) is 7.73. The summed E-state index contributed by atoms with van der Waals surface area (Å²) < 4.78 is 42.1. The summed E-state index contributed by atoms with van der Waals surface area (Å²) >= 11 is 0. The maximum absolute atomic E-state index is 13.6. The van der Waals surface area contributed by atoms with Crippen molar-refractivity contribution in [1.29, 1.82) is 0 Å². The first-order chi connectivity index (χ1) is 12.3. The van der Waals surface area contributed by atoms with Gasteiger partial charge >= 0.3 is 0 Å². The number of aldehydes is 1. The van der Waals surface area contributed by atoms with E-state index >= 15 is 0 Å². The highest BCUT2D eigenvalue weighted by atomic mass is 32.2. The Labute approximate surface area is 152 Å². The van der Waals surface area contributed by atoms with Crippen molar-refractivity contribution in [3.05, 3.63) is 77.3 Å².